The van der Waals surface area contributed by atoms with Crippen LogP contribution in [-0.2, 0) is 23.9 Å². The largest absolute Gasteiger partial charge is 0.480 e. The Bertz CT molecular complexity index is 994. The van der Waals surface area contributed by atoms with Gasteiger partial charge < -0.3 is 25.6 Å². The first-order valence-electron chi connectivity index (χ1n) is 21.4. The molecule has 0 aliphatic carbocycles. The lowest BCUT2D eigenvalue weighted by atomic mass is 10.1. The maximum absolute atomic E-state index is 12.7. The Morgan fingerprint density at radius 2 is 1.08 bits per heavy atom. The summed E-state index contributed by atoms with van der Waals surface area (Å²) in [4.78, 5) is 47.5. The average Bonchev–Trinajstić information content (AvgIpc) is 3.14. The van der Waals surface area contributed by atoms with Crippen LogP contribution in [0, 0.1) is 0 Å². The van der Waals surface area contributed by atoms with Gasteiger partial charge in [0.1, 0.15) is 12.1 Å². The zero-order valence-electron chi connectivity index (χ0n) is 33.8. The van der Waals surface area contributed by atoms with Gasteiger partial charge >= 0.3 is 11.9 Å². The van der Waals surface area contributed by atoms with Crippen LogP contribution in [0.15, 0.2) is 36.5 Å². The van der Waals surface area contributed by atoms with Crippen molar-refractivity contribution in [2.45, 2.75) is 206 Å². The number of unbranched alkanes of at least 4 members (excludes halogenated alkanes) is 20. The molecule has 0 aromatic rings. The third kappa shape index (κ3) is 35.8. The van der Waals surface area contributed by atoms with Gasteiger partial charge in [0.15, 0.2) is 0 Å². The Morgan fingerprint density at radius 1 is 0.585 bits per heavy atom. The Kier molecular flexibility index (Phi) is 36.6. The molecule has 9 heteroatoms. The van der Waals surface area contributed by atoms with E-state index < -0.39 is 24.5 Å². The summed E-state index contributed by atoms with van der Waals surface area (Å²) >= 11 is 0. The van der Waals surface area contributed by atoms with Crippen molar-refractivity contribution in [3.63, 3.8) is 0 Å². The number of carbonyl (C=O) groups excluding carboxylic acids is 3. The van der Waals surface area contributed by atoms with E-state index in [0.29, 0.717) is 12.8 Å². The lowest BCUT2D eigenvalue weighted by molar-refractivity contribution is -0.147. The molecular weight excluding hydrogens is 668 g/mol. The number of aliphatic carboxylic acids is 1. The van der Waals surface area contributed by atoms with Crippen LogP contribution in [0.1, 0.15) is 194 Å². The summed E-state index contributed by atoms with van der Waals surface area (Å²) in [5.74, 6) is -2.40. The smallest absolute Gasteiger partial charge is 0.328 e. The molecule has 0 aromatic carbocycles. The zero-order chi connectivity index (χ0) is 39.0. The van der Waals surface area contributed by atoms with Crippen molar-refractivity contribution in [3.8, 4) is 0 Å². The fraction of sp³-hybridized carbons (Fsp3) is 0.773. The van der Waals surface area contributed by atoms with Crippen LogP contribution in [0.3, 0.4) is 0 Å². The van der Waals surface area contributed by atoms with Crippen LogP contribution < -0.4 is 10.6 Å². The first-order chi connectivity index (χ1) is 25.8. The standard InChI is InChI=1S/C44H78N2O7/c1-3-5-7-9-11-13-14-15-16-17-18-19-20-21-22-24-26-32-36-43(50)53-39(33-29-25-23-12-10-8-6-4-2)34-30-27-28-31-35-41(48)45-37-42(49)46-40(38-47)44(51)52/h13-14,16-17,29,33,39-40,47H,3-12,15,18-28,30-32,34-38H2,1-2H3,(H,45,48)(H,46,49)(H,51,52)/b14-13-,17-16-,33-29-. The number of aliphatic hydroxyl groups excluding tert-OH is 1. The minimum absolute atomic E-state index is 0.119. The van der Waals surface area contributed by atoms with Gasteiger partial charge in [-0.05, 0) is 76.7 Å². The number of esters is 1. The van der Waals surface area contributed by atoms with E-state index in [1.54, 1.807) is 0 Å². The molecule has 0 aromatic heterocycles. The third-order valence-corrected chi connectivity index (χ3v) is 9.34. The zero-order valence-corrected chi connectivity index (χ0v) is 33.8. The number of rotatable bonds is 38. The molecule has 0 saturated carbocycles. The van der Waals surface area contributed by atoms with Gasteiger partial charge in [0.25, 0.3) is 0 Å². The summed E-state index contributed by atoms with van der Waals surface area (Å²) in [7, 11) is 0. The van der Waals surface area contributed by atoms with Crippen molar-refractivity contribution in [3.05, 3.63) is 36.5 Å². The van der Waals surface area contributed by atoms with Crippen LogP contribution in [0.4, 0.5) is 0 Å². The summed E-state index contributed by atoms with van der Waals surface area (Å²) in [5.41, 5.74) is 0. The Labute approximate surface area is 323 Å². The molecule has 0 radical (unpaired) electrons. The van der Waals surface area contributed by atoms with E-state index in [9.17, 15) is 19.2 Å². The summed E-state index contributed by atoms with van der Waals surface area (Å²) in [6, 6.07) is -1.39. The lowest BCUT2D eigenvalue weighted by Crippen LogP contribution is -2.47. The van der Waals surface area contributed by atoms with E-state index in [-0.39, 0.29) is 30.9 Å². The van der Waals surface area contributed by atoms with E-state index in [1.807, 2.05) is 0 Å². The fourth-order valence-electron chi connectivity index (χ4n) is 6.01. The van der Waals surface area contributed by atoms with E-state index >= 15 is 0 Å². The van der Waals surface area contributed by atoms with Gasteiger partial charge in [-0.2, -0.15) is 0 Å². The van der Waals surface area contributed by atoms with Crippen molar-refractivity contribution in [2.24, 2.45) is 0 Å². The lowest BCUT2D eigenvalue weighted by Gasteiger charge is -2.15. The first kappa shape index (κ1) is 50.1. The van der Waals surface area contributed by atoms with Crippen molar-refractivity contribution >= 4 is 23.8 Å². The van der Waals surface area contributed by atoms with Crippen LogP contribution in [0.25, 0.3) is 0 Å². The van der Waals surface area contributed by atoms with Gasteiger partial charge in [-0.1, -0.05) is 141 Å². The summed E-state index contributed by atoms with van der Waals surface area (Å²) in [6.07, 6.45) is 43.3. The third-order valence-electron chi connectivity index (χ3n) is 9.34. The highest BCUT2D eigenvalue weighted by molar-refractivity contribution is 5.87. The van der Waals surface area contributed by atoms with E-state index in [0.717, 1.165) is 70.6 Å². The number of carboxylic acid groups (broad SMARTS) is 1. The topological polar surface area (TPSA) is 142 Å². The van der Waals surface area contributed by atoms with Gasteiger partial charge in [-0.25, -0.2) is 4.79 Å². The molecule has 0 fully saturated rings. The highest BCUT2D eigenvalue weighted by Gasteiger charge is 2.18. The van der Waals surface area contributed by atoms with Crippen LogP contribution in [0.2, 0.25) is 0 Å². The van der Waals surface area contributed by atoms with Gasteiger partial charge in [-0.3, -0.25) is 14.4 Å². The Morgan fingerprint density at radius 3 is 1.64 bits per heavy atom. The molecule has 0 saturated heterocycles. The van der Waals surface area contributed by atoms with E-state index in [2.05, 4.69) is 60.9 Å². The number of hydrogen-bond donors (Lipinski definition) is 4. The number of aliphatic hydroxyl groups is 1. The van der Waals surface area contributed by atoms with Gasteiger partial charge in [0.2, 0.25) is 11.8 Å². The first-order valence-corrected chi connectivity index (χ1v) is 21.4. The fourth-order valence-corrected chi connectivity index (χ4v) is 6.01. The molecule has 9 nitrogen and oxygen atoms in total. The summed E-state index contributed by atoms with van der Waals surface area (Å²) in [6.45, 7) is 3.42. The maximum atomic E-state index is 12.7. The average molecular weight is 747 g/mol. The Hall–Kier alpha value is -2.94. The number of ether oxygens (including phenoxy) is 1. The number of hydrogen-bond acceptors (Lipinski definition) is 6. The number of amides is 2. The quantitative estimate of drug-likeness (QED) is 0.0280. The van der Waals surface area contributed by atoms with Crippen molar-refractivity contribution < 1.29 is 34.1 Å². The van der Waals surface area contributed by atoms with E-state index in [4.69, 9.17) is 14.9 Å². The highest BCUT2D eigenvalue weighted by atomic mass is 16.5. The SMILES string of the molecule is CCCCCC/C=C\C/C=C\CCCCCCCCCC(=O)OC(/C=C\CCCCCCCC)CCCCCCC(=O)NCC(=O)NC(CO)C(=O)O. The van der Waals surface area contributed by atoms with Crippen LogP contribution in [0.5, 0.6) is 0 Å². The molecule has 0 aliphatic heterocycles. The normalized spacial score (nSPS) is 12.8. The summed E-state index contributed by atoms with van der Waals surface area (Å²) in [5, 5.41) is 22.5. The van der Waals surface area contributed by atoms with Crippen molar-refractivity contribution in [2.75, 3.05) is 13.2 Å². The monoisotopic (exact) mass is 747 g/mol. The maximum Gasteiger partial charge on any atom is 0.328 e. The molecule has 0 bridgehead atoms. The molecular formula is C44H78N2O7. The molecule has 0 rings (SSSR count). The van der Waals surface area contributed by atoms with Crippen molar-refractivity contribution in [1.29, 1.82) is 0 Å². The molecule has 2 amide bonds. The molecule has 0 heterocycles. The Balaban J connectivity index is 4.25. The molecule has 4 N–H and O–H groups in total. The second-order valence-electron chi connectivity index (χ2n) is 14.4. The molecule has 306 valence electrons. The molecule has 0 aliphatic rings. The predicted molar refractivity (Wildman–Crippen MR) is 218 cm³/mol. The van der Waals surface area contributed by atoms with E-state index in [1.165, 1.54) is 89.9 Å². The van der Waals surface area contributed by atoms with Gasteiger partial charge in [0.05, 0.1) is 13.2 Å². The number of allylic oxidation sites excluding steroid dienone is 5. The second kappa shape index (κ2) is 38.8. The van der Waals surface area contributed by atoms with Crippen molar-refractivity contribution in [1.82, 2.24) is 10.6 Å². The molecule has 0 spiro atoms. The van der Waals surface area contributed by atoms with Gasteiger partial charge in [-0.15, -0.1) is 0 Å². The van der Waals surface area contributed by atoms with Crippen LogP contribution >= 0.6 is 0 Å². The minimum atomic E-state index is -1.39. The predicted octanol–water partition coefficient (Wildman–Crippen LogP) is 10.2. The number of carboxylic acids is 1. The summed E-state index contributed by atoms with van der Waals surface area (Å²) < 4.78 is 5.90. The van der Waals surface area contributed by atoms with Gasteiger partial charge in [0, 0.05) is 12.8 Å². The molecule has 53 heavy (non-hydrogen) atoms. The molecule has 2 atom stereocenters. The number of nitrogens with one attached hydrogen (secondary N) is 2. The highest BCUT2D eigenvalue weighted by Crippen LogP contribution is 2.15. The second-order valence-corrected chi connectivity index (χ2v) is 14.4. The number of carbonyl (C=O) groups is 4. The minimum Gasteiger partial charge on any atom is -0.480 e. The van der Waals surface area contributed by atoms with Crippen LogP contribution in [-0.4, -0.2) is 59.3 Å². The molecule has 2 unspecified atom stereocenters.